The van der Waals surface area contributed by atoms with Crippen LogP contribution < -0.4 is 0 Å². The topological polar surface area (TPSA) is 27.1 Å². The second-order valence-electron chi connectivity index (χ2n) is 5.90. The molecule has 0 radical (unpaired) electrons. The van der Waals surface area contributed by atoms with Gasteiger partial charge >= 0.3 is 0 Å². The van der Waals surface area contributed by atoms with E-state index in [1.165, 1.54) is 24.8 Å². The molecule has 1 aromatic heterocycles. The van der Waals surface area contributed by atoms with Crippen LogP contribution in [0, 0.1) is 0 Å². The summed E-state index contributed by atoms with van der Waals surface area (Å²) in [5.41, 5.74) is 1.26. The summed E-state index contributed by atoms with van der Waals surface area (Å²) in [5, 5.41) is 0.237. The van der Waals surface area contributed by atoms with Gasteiger partial charge in [-0.25, -0.2) is 4.98 Å². The van der Waals surface area contributed by atoms with Gasteiger partial charge in [0.2, 0.25) is 4.38 Å². The average Bonchev–Trinajstić information content (AvgIpc) is 3.09. The van der Waals surface area contributed by atoms with E-state index < -0.39 is 0 Å². The first-order valence-electron chi connectivity index (χ1n) is 8.19. The maximum absolute atomic E-state index is 6.03. The summed E-state index contributed by atoms with van der Waals surface area (Å²) >= 11 is 7.17. The van der Waals surface area contributed by atoms with Gasteiger partial charge in [0.1, 0.15) is 6.10 Å². The second-order valence-corrected chi connectivity index (χ2v) is 7.71. The van der Waals surface area contributed by atoms with E-state index >= 15 is 0 Å². The lowest BCUT2D eigenvalue weighted by Gasteiger charge is -2.24. The zero-order valence-electron chi connectivity index (χ0n) is 13.1. The van der Waals surface area contributed by atoms with Crippen molar-refractivity contribution in [2.45, 2.75) is 50.0 Å². The Morgan fingerprint density at radius 2 is 2.04 bits per heavy atom. The van der Waals surface area contributed by atoms with Crippen LogP contribution in [-0.4, -0.2) is 20.0 Å². The number of hydrogen-bond donors (Lipinski definition) is 0. The van der Waals surface area contributed by atoms with Crippen molar-refractivity contribution in [1.82, 2.24) is 9.55 Å². The Morgan fingerprint density at radius 1 is 1.26 bits per heavy atom. The number of nitrogens with zero attached hydrogens (tertiary/aromatic N) is 2. The number of imidazole rings is 1. The molecule has 0 amide bonds. The summed E-state index contributed by atoms with van der Waals surface area (Å²) in [7, 11) is 0. The molecule has 1 atom stereocenters. The number of ether oxygens (including phenoxy) is 1. The van der Waals surface area contributed by atoms with Crippen LogP contribution in [0.3, 0.4) is 0 Å². The SMILES string of the molecule is S=C(OC1CCCCC1)SC(Cn1ccnc1)c1ccccc1. The summed E-state index contributed by atoms with van der Waals surface area (Å²) in [5.74, 6) is 0. The van der Waals surface area contributed by atoms with Gasteiger partial charge in [0.25, 0.3) is 0 Å². The fraction of sp³-hybridized carbons (Fsp3) is 0.444. The van der Waals surface area contributed by atoms with E-state index in [4.69, 9.17) is 17.0 Å². The highest BCUT2D eigenvalue weighted by molar-refractivity contribution is 8.22. The van der Waals surface area contributed by atoms with Crippen molar-refractivity contribution >= 4 is 28.4 Å². The Bertz CT molecular complexity index is 595. The minimum absolute atomic E-state index is 0.237. The zero-order valence-corrected chi connectivity index (χ0v) is 14.8. The van der Waals surface area contributed by atoms with Crippen LogP contribution in [0.4, 0.5) is 0 Å². The smallest absolute Gasteiger partial charge is 0.220 e. The molecule has 0 spiro atoms. The zero-order chi connectivity index (χ0) is 15.9. The monoisotopic (exact) mass is 346 g/mol. The van der Waals surface area contributed by atoms with Crippen molar-refractivity contribution in [2.75, 3.05) is 0 Å². The maximum Gasteiger partial charge on any atom is 0.220 e. The van der Waals surface area contributed by atoms with E-state index in [1.807, 2.05) is 24.8 Å². The number of thioether (sulfide) groups is 1. The molecule has 0 bridgehead atoms. The van der Waals surface area contributed by atoms with E-state index in [0.717, 1.165) is 19.4 Å². The first-order valence-corrected chi connectivity index (χ1v) is 9.48. The molecule has 2 aromatic rings. The number of hydrogen-bond acceptors (Lipinski definition) is 4. The van der Waals surface area contributed by atoms with Crippen molar-refractivity contribution in [2.24, 2.45) is 0 Å². The van der Waals surface area contributed by atoms with Gasteiger partial charge in [0.05, 0.1) is 11.6 Å². The van der Waals surface area contributed by atoms with E-state index in [2.05, 4.69) is 33.8 Å². The lowest BCUT2D eigenvalue weighted by atomic mass is 9.98. The predicted molar refractivity (Wildman–Crippen MR) is 99.6 cm³/mol. The minimum Gasteiger partial charge on any atom is -0.475 e. The highest BCUT2D eigenvalue weighted by atomic mass is 32.2. The van der Waals surface area contributed by atoms with Crippen molar-refractivity contribution in [3.63, 3.8) is 0 Å². The summed E-state index contributed by atoms with van der Waals surface area (Å²) in [4.78, 5) is 4.13. The molecule has 3 rings (SSSR count). The summed E-state index contributed by atoms with van der Waals surface area (Å²) in [6.07, 6.45) is 12.1. The predicted octanol–water partition coefficient (Wildman–Crippen LogP) is 4.99. The van der Waals surface area contributed by atoms with Crippen LogP contribution in [0.5, 0.6) is 0 Å². The van der Waals surface area contributed by atoms with Gasteiger partial charge in [0, 0.05) is 18.9 Å². The Hall–Kier alpha value is -1.33. The van der Waals surface area contributed by atoms with Crippen LogP contribution in [0.1, 0.15) is 42.9 Å². The summed E-state index contributed by atoms with van der Waals surface area (Å²) in [6, 6.07) is 10.5. The third-order valence-corrected chi connectivity index (χ3v) is 5.54. The molecule has 1 aromatic carbocycles. The Kier molecular flexibility index (Phi) is 6.11. The molecule has 1 unspecified atom stereocenters. The van der Waals surface area contributed by atoms with Gasteiger partial charge in [-0.2, -0.15) is 0 Å². The molecule has 23 heavy (non-hydrogen) atoms. The number of thiocarbonyl (C=S) groups is 1. The molecular weight excluding hydrogens is 324 g/mol. The maximum atomic E-state index is 6.03. The Balaban J connectivity index is 1.64. The molecular formula is C18H22N2OS2. The van der Waals surface area contributed by atoms with Crippen molar-refractivity contribution in [1.29, 1.82) is 0 Å². The number of rotatable bonds is 5. The Labute approximate surface area is 147 Å². The third-order valence-electron chi connectivity index (χ3n) is 4.16. The number of aromatic nitrogens is 2. The molecule has 0 aliphatic heterocycles. The van der Waals surface area contributed by atoms with Crippen LogP contribution in [0.2, 0.25) is 0 Å². The second kappa shape index (κ2) is 8.50. The van der Waals surface area contributed by atoms with Gasteiger partial charge in [0.15, 0.2) is 0 Å². The van der Waals surface area contributed by atoms with Gasteiger partial charge in [-0.05, 0) is 43.5 Å². The van der Waals surface area contributed by atoms with Gasteiger partial charge in [-0.1, -0.05) is 48.5 Å². The van der Waals surface area contributed by atoms with Gasteiger partial charge in [-0.3, -0.25) is 0 Å². The molecule has 0 saturated heterocycles. The molecule has 1 aliphatic carbocycles. The fourth-order valence-corrected chi connectivity index (χ4v) is 4.38. The quantitative estimate of drug-likeness (QED) is 0.713. The highest BCUT2D eigenvalue weighted by Gasteiger charge is 2.20. The van der Waals surface area contributed by atoms with Crippen LogP contribution in [0.25, 0.3) is 0 Å². The van der Waals surface area contributed by atoms with Crippen molar-refractivity contribution < 1.29 is 4.74 Å². The first-order chi connectivity index (χ1) is 11.3. The summed E-state index contributed by atoms with van der Waals surface area (Å²) in [6.45, 7) is 0.836. The van der Waals surface area contributed by atoms with Gasteiger partial charge in [-0.15, -0.1) is 0 Å². The first kappa shape index (κ1) is 16.5. The van der Waals surface area contributed by atoms with Crippen molar-refractivity contribution in [3.05, 3.63) is 54.6 Å². The average molecular weight is 347 g/mol. The molecule has 1 aliphatic rings. The largest absolute Gasteiger partial charge is 0.475 e. The van der Waals surface area contributed by atoms with Crippen LogP contribution >= 0.6 is 24.0 Å². The van der Waals surface area contributed by atoms with E-state index in [1.54, 1.807) is 11.8 Å². The van der Waals surface area contributed by atoms with E-state index in [9.17, 15) is 0 Å². The lowest BCUT2D eigenvalue weighted by Crippen LogP contribution is -2.19. The number of benzene rings is 1. The molecule has 1 saturated carbocycles. The lowest BCUT2D eigenvalue weighted by molar-refractivity contribution is 0.152. The van der Waals surface area contributed by atoms with E-state index in [-0.39, 0.29) is 5.25 Å². The molecule has 0 N–H and O–H groups in total. The fourth-order valence-electron chi connectivity index (χ4n) is 2.93. The normalized spacial score (nSPS) is 16.9. The van der Waals surface area contributed by atoms with Crippen LogP contribution in [0.15, 0.2) is 49.1 Å². The molecule has 5 heteroatoms. The Morgan fingerprint density at radius 3 is 2.74 bits per heavy atom. The van der Waals surface area contributed by atoms with E-state index in [0.29, 0.717) is 10.5 Å². The molecule has 3 nitrogen and oxygen atoms in total. The van der Waals surface area contributed by atoms with Crippen molar-refractivity contribution in [3.8, 4) is 0 Å². The third kappa shape index (κ3) is 5.08. The molecule has 1 fully saturated rings. The van der Waals surface area contributed by atoms with Gasteiger partial charge < -0.3 is 9.30 Å². The standard InChI is InChI=1S/C18H22N2OS2/c22-18(21-16-9-5-2-6-10-16)23-17(13-20-12-11-19-14-20)15-7-3-1-4-8-15/h1,3-4,7-8,11-12,14,16-17H,2,5-6,9-10,13H2. The minimum atomic E-state index is 0.237. The molecule has 122 valence electrons. The van der Waals surface area contributed by atoms with Crippen LogP contribution in [-0.2, 0) is 11.3 Å². The molecule has 1 heterocycles. The summed E-state index contributed by atoms with van der Waals surface area (Å²) < 4.78 is 8.80. The highest BCUT2D eigenvalue weighted by Crippen LogP contribution is 2.33.